The van der Waals surface area contributed by atoms with Crippen LogP contribution in [0.1, 0.15) is 11.1 Å². The van der Waals surface area contributed by atoms with Crippen LogP contribution in [0.2, 0.25) is 0 Å². The van der Waals surface area contributed by atoms with Crippen molar-refractivity contribution in [2.75, 3.05) is 11.8 Å². The molecule has 0 spiro atoms. The number of hydrogen-bond donors (Lipinski definition) is 1. The van der Waals surface area contributed by atoms with E-state index in [0.29, 0.717) is 11.4 Å². The quantitative estimate of drug-likeness (QED) is 0.497. The minimum absolute atomic E-state index is 0.0934. The predicted octanol–water partition coefficient (Wildman–Crippen LogP) is 4.40. The number of ether oxygens (including phenoxy) is 1. The maximum atomic E-state index is 13.9. The number of halogens is 1. The molecule has 0 saturated carbocycles. The van der Waals surface area contributed by atoms with Gasteiger partial charge in [0.05, 0.1) is 24.2 Å². The molecule has 0 aliphatic rings. The first-order valence-corrected chi connectivity index (χ1v) is 10.9. The van der Waals surface area contributed by atoms with E-state index in [4.69, 9.17) is 4.74 Å². The van der Waals surface area contributed by atoms with Crippen LogP contribution in [0.15, 0.2) is 67.0 Å². The van der Waals surface area contributed by atoms with Crippen molar-refractivity contribution in [2.24, 2.45) is 0 Å². The average molecular weight is 425 g/mol. The third-order valence-electron chi connectivity index (χ3n) is 4.68. The molecule has 0 saturated heterocycles. The van der Waals surface area contributed by atoms with Crippen LogP contribution >= 0.6 is 0 Å². The molecule has 30 heavy (non-hydrogen) atoms. The highest BCUT2D eigenvalue weighted by Gasteiger charge is 2.18. The molecule has 0 aliphatic carbocycles. The smallest absolute Gasteiger partial charge is 0.237 e. The molecule has 0 atom stereocenters. The first-order chi connectivity index (χ1) is 14.3. The number of aromatic nitrogens is 2. The zero-order chi connectivity index (χ0) is 21.3. The highest BCUT2D eigenvalue weighted by atomic mass is 32.2. The van der Waals surface area contributed by atoms with Gasteiger partial charge in [-0.15, -0.1) is 0 Å². The maximum absolute atomic E-state index is 13.9. The van der Waals surface area contributed by atoms with Gasteiger partial charge in [-0.3, -0.25) is 4.72 Å². The van der Waals surface area contributed by atoms with Gasteiger partial charge in [0, 0.05) is 23.5 Å². The molecule has 0 unspecified atom stereocenters. The minimum Gasteiger partial charge on any atom is -0.495 e. The van der Waals surface area contributed by atoms with Crippen molar-refractivity contribution in [1.29, 1.82) is 0 Å². The highest BCUT2D eigenvalue weighted by Crippen LogP contribution is 2.31. The second-order valence-corrected chi connectivity index (χ2v) is 8.69. The summed E-state index contributed by atoms with van der Waals surface area (Å²) in [6.45, 7) is 1.99. The number of methoxy groups -OCH3 is 1. The summed E-state index contributed by atoms with van der Waals surface area (Å²) in [5, 5.41) is 0. The van der Waals surface area contributed by atoms with Gasteiger partial charge in [0.2, 0.25) is 10.0 Å². The molecule has 154 valence electrons. The third-order valence-corrected chi connectivity index (χ3v) is 5.90. The first kappa shape index (κ1) is 19.9. The van der Waals surface area contributed by atoms with Crippen molar-refractivity contribution in [2.45, 2.75) is 12.7 Å². The summed E-state index contributed by atoms with van der Waals surface area (Å²) in [5.41, 5.74) is 3.66. The van der Waals surface area contributed by atoms with Gasteiger partial charge in [-0.2, -0.15) is 0 Å². The van der Waals surface area contributed by atoms with E-state index in [1.165, 1.54) is 25.3 Å². The van der Waals surface area contributed by atoms with Crippen molar-refractivity contribution >= 4 is 21.4 Å². The van der Waals surface area contributed by atoms with Gasteiger partial charge in [0.1, 0.15) is 17.2 Å². The van der Waals surface area contributed by atoms with Crippen molar-refractivity contribution in [1.82, 2.24) is 9.38 Å². The number of nitrogens with one attached hydrogen (secondary N) is 1. The molecule has 6 nitrogen and oxygen atoms in total. The molecule has 2 aromatic heterocycles. The SMILES string of the molecule is COc1ccc(-c2cn3ccc(C)cc3n2)cc1NS(=O)(=O)Cc1ccccc1F. The van der Waals surface area contributed by atoms with Gasteiger partial charge in [-0.1, -0.05) is 18.2 Å². The lowest BCUT2D eigenvalue weighted by molar-refractivity contribution is 0.417. The van der Waals surface area contributed by atoms with Crippen molar-refractivity contribution in [3.05, 3.63) is 83.9 Å². The van der Waals surface area contributed by atoms with Crippen LogP contribution in [-0.4, -0.2) is 24.9 Å². The lowest BCUT2D eigenvalue weighted by atomic mass is 10.1. The summed E-state index contributed by atoms with van der Waals surface area (Å²) in [5.74, 6) is -0.695. The number of rotatable bonds is 6. The van der Waals surface area contributed by atoms with E-state index in [-0.39, 0.29) is 11.3 Å². The normalized spacial score (nSPS) is 11.6. The summed E-state index contributed by atoms with van der Waals surface area (Å²) in [6, 6.07) is 14.9. The van der Waals surface area contributed by atoms with Crippen LogP contribution in [0, 0.1) is 12.7 Å². The first-order valence-electron chi connectivity index (χ1n) is 9.22. The molecule has 0 aliphatic heterocycles. The molecule has 0 amide bonds. The number of imidazole rings is 1. The monoisotopic (exact) mass is 425 g/mol. The Hall–Kier alpha value is -3.39. The molecule has 2 aromatic carbocycles. The van der Waals surface area contributed by atoms with E-state index in [2.05, 4.69) is 9.71 Å². The summed E-state index contributed by atoms with van der Waals surface area (Å²) in [6.07, 6.45) is 3.79. The summed E-state index contributed by atoms with van der Waals surface area (Å²) in [4.78, 5) is 4.61. The molecule has 4 aromatic rings. The van der Waals surface area contributed by atoms with E-state index in [1.807, 2.05) is 41.9 Å². The van der Waals surface area contributed by atoms with E-state index in [0.717, 1.165) is 16.8 Å². The topological polar surface area (TPSA) is 72.7 Å². The Morgan fingerprint density at radius 2 is 1.93 bits per heavy atom. The third kappa shape index (κ3) is 4.13. The molecule has 8 heteroatoms. The number of sulfonamides is 1. The Labute approximate surface area is 174 Å². The fourth-order valence-electron chi connectivity index (χ4n) is 3.19. The largest absolute Gasteiger partial charge is 0.495 e. The fraction of sp³-hybridized carbons (Fsp3) is 0.136. The van der Waals surface area contributed by atoms with Crippen LogP contribution in [0.4, 0.5) is 10.1 Å². The Kier molecular flexibility index (Phi) is 5.17. The molecule has 0 bridgehead atoms. The van der Waals surface area contributed by atoms with Crippen LogP contribution in [-0.2, 0) is 15.8 Å². The summed E-state index contributed by atoms with van der Waals surface area (Å²) in [7, 11) is -2.41. The average Bonchev–Trinajstić information content (AvgIpc) is 3.12. The fourth-order valence-corrected chi connectivity index (χ4v) is 4.40. The van der Waals surface area contributed by atoms with Crippen molar-refractivity contribution < 1.29 is 17.5 Å². The van der Waals surface area contributed by atoms with Crippen LogP contribution in [0.3, 0.4) is 0 Å². The zero-order valence-corrected chi connectivity index (χ0v) is 17.3. The molecule has 0 radical (unpaired) electrons. The number of hydrogen-bond acceptors (Lipinski definition) is 4. The Bertz CT molecular complexity index is 1330. The second kappa shape index (κ2) is 7.79. The van der Waals surface area contributed by atoms with Gasteiger partial charge >= 0.3 is 0 Å². The van der Waals surface area contributed by atoms with Crippen LogP contribution in [0.25, 0.3) is 16.9 Å². The van der Waals surface area contributed by atoms with Gasteiger partial charge in [0.15, 0.2) is 0 Å². The van der Waals surface area contributed by atoms with Gasteiger partial charge < -0.3 is 9.14 Å². The Balaban J connectivity index is 1.68. The van der Waals surface area contributed by atoms with Crippen molar-refractivity contribution in [3.63, 3.8) is 0 Å². The second-order valence-electron chi connectivity index (χ2n) is 6.96. The highest BCUT2D eigenvalue weighted by molar-refractivity contribution is 7.91. The molecule has 2 heterocycles. The minimum atomic E-state index is -3.87. The number of anilines is 1. The van der Waals surface area contributed by atoms with Gasteiger partial charge in [-0.25, -0.2) is 17.8 Å². The number of aryl methyl sites for hydroxylation is 1. The molecule has 4 rings (SSSR count). The molecule has 0 fully saturated rings. The standard InChI is InChI=1S/C22H20FN3O3S/c1-15-9-10-26-13-20(24-22(26)11-15)16-7-8-21(29-2)19(12-16)25-30(27,28)14-17-5-3-4-6-18(17)23/h3-13,25H,14H2,1-2H3. The van der Waals surface area contributed by atoms with E-state index in [1.54, 1.807) is 18.2 Å². The van der Waals surface area contributed by atoms with Gasteiger partial charge in [0.25, 0.3) is 0 Å². The Morgan fingerprint density at radius 1 is 1.13 bits per heavy atom. The molecular weight excluding hydrogens is 405 g/mol. The molecule has 1 N–H and O–H groups in total. The number of pyridine rings is 1. The maximum Gasteiger partial charge on any atom is 0.237 e. The van der Waals surface area contributed by atoms with Crippen LogP contribution in [0.5, 0.6) is 5.75 Å². The number of fused-ring (bicyclic) bond motifs is 1. The van der Waals surface area contributed by atoms with Crippen molar-refractivity contribution in [3.8, 4) is 17.0 Å². The summed E-state index contributed by atoms with van der Waals surface area (Å²) >= 11 is 0. The lowest BCUT2D eigenvalue weighted by Gasteiger charge is -2.13. The predicted molar refractivity (Wildman–Crippen MR) is 115 cm³/mol. The van der Waals surface area contributed by atoms with E-state index in [9.17, 15) is 12.8 Å². The van der Waals surface area contributed by atoms with E-state index < -0.39 is 21.6 Å². The van der Waals surface area contributed by atoms with E-state index >= 15 is 0 Å². The van der Waals surface area contributed by atoms with Crippen LogP contribution < -0.4 is 9.46 Å². The summed E-state index contributed by atoms with van der Waals surface area (Å²) < 4.78 is 48.9. The lowest BCUT2D eigenvalue weighted by Crippen LogP contribution is -2.16. The number of benzene rings is 2. The molecular formula is C22H20FN3O3S. The zero-order valence-electron chi connectivity index (χ0n) is 16.5. The number of nitrogens with zero attached hydrogens (tertiary/aromatic N) is 2. The van der Waals surface area contributed by atoms with Gasteiger partial charge in [-0.05, 0) is 48.9 Å². The Morgan fingerprint density at radius 3 is 2.70 bits per heavy atom.